The first kappa shape index (κ1) is 13.3. The lowest BCUT2D eigenvalue weighted by molar-refractivity contribution is 0.0817. The Morgan fingerprint density at radius 1 is 1.41 bits per heavy atom. The number of ether oxygens (including phenoxy) is 2. The number of alkyl halides is 2. The molecule has 0 unspecified atom stereocenters. The summed E-state index contributed by atoms with van der Waals surface area (Å²) in [5.74, 6) is 6.26. The molecule has 17 heavy (non-hydrogen) atoms. The van der Waals surface area contributed by atoms with Gasteiger partial charge in [-0.1, -0.05) is 11.8 Å². The fourth-order valence-corrected chi connectivity index (χ4v) is 1.16. The third kappa shape index (κ3) is 4.29. The van der Waals surface area contributed by atoms with E-state index in [4.69, 9.17) is 15.2 Å². The normalized spacial score (nSPS) is 9.71. The number of methoxy groups -OCH3 is 1. The summed E-state index contributed by atoms with van der Waals surface area (Å²) in [6.45, 7) is -0.477. The van der Waals surface area contributed by atoms with Crippen LogP contribution in [0.5, 0.6) is 11.5 Å². The predicted molar refractivity (Wildman–Crippen MR) is 60.4 cm³/mol. The molecule has 3 nitrogen and oxygen atoms in total. The van der Waals surface area contributed by atoms with E-state index in [0.29, 0.717) is 17.1 Å². The molecule has 0 fully saturated rings. The van der Waals surface area contributed by atoms with E-state index in [9.17, 15) is 8.78 Å². The maximum atomic E-state index is 12.0. The number of nitrogens with two attached hydrogens (primary N) is 1. The number of halogens is 2. The molecule has 0 saturated heterocycles. The third-order valence-electron chi connectivity index (χ3n) is 1.88. The molecular weight excluding hydrogens is 228 g/mol. The average molecular weight is 241 g/mol. The molecule has 5 heteroatoms. The summed E-state index contributed by atoms with van der Waals surface area (Å²) >= 11 is 0. The topological polar surface area (TPSA) is 44.5 Å². The van der Waals surface area contributed by atoms with Gasteiger partial charge in [-0.05, 0) is 18.2 Å². The van der Waals surface area contributed by atoms with E-state index in [2.05, 4.69) is 11.8 Å². The lowest BCUT2D eigenvalue weighted by Crippen LogP contribution is -2.08. The van der Waals surface area contributed by atoms with Crippen LogP contribution in [0.2, 0.25) is 0 Å². The van der Waals surface area contributed by atoms with Gasteiger partial charge in [-0.3, -0.25) is 0 Å². The smallest absolute Gasteiger partial charge is 0.272 e. The van der Waals surface area contributed by atoms with Crippen molar-refractivity contribution in [3.05, 3.63) is 23.8 Å². The van der Waals surface area contributed by atoms with Gasteiger partial charge in [0.15, 0.2) is 0 Å². The minimum atomic E-state index is -2.52. The van der Waals surface area contributed by atoms with Crippen LogP contribution in [-0.4, -0.2) is 26.7 Å². The molecule has 0 bridgehead atoms. The first-order chi connectivity index (χ1) is 8.17. The van der Waals surface area contributed by atoms with Crippen LogP contribution in [-0.2, 0) is 0 Å². The molecule has 0 saturated carbocycles. The Labute approximate surface area is 98.5 Å². The van der Waals surface area contributed by atoms with Crippen LogP contribution < -0.4 is 15.2 Å². The largest absolute Gasteiger partial charge is 0.497 e. The highest BCUT2D eigenvalue weighted by Crippen LogP contribution is 2.23. The van der Waals surface area contributed by atoms with Gasteiger partial charge in [0.2, 0.25) is 0 Å². The van der Waals surface area contributed by atoms with E-state index in [1.165, 1.54) is 7.11 Å². The van der Waals surface area contributed by atoms with Crippen LogP contribution in [0.25, 0.3) is 0 Å². The van der Waals surface area contributed by atoms with E-state index in [1.54, 1.807) is 18.2 Å². The van der Waals surface area contributed by atoms with Gasteiger partial charge >= 0.3 is 0 Å². The SMILES string of the molecule is COc1ccc(OCC(F)F)c(C#CCN)c1. The molecule has 0 spiro atoms. The van der Waals surface area contributed by atoms with E-state index >= 15 is 0 Å². The molecular formula is C12H13F2NO2. The highest BCUT2D eigenvalue weighted by molar-refractivity contribution is 5.50. The quantitative estimate of drug-likeness (QED) is 0.815. The van der Waals surface area contributed by atoms with Crippen molar-refractivity contribution < 1.29 is 18.3 Å². The zero-order chi connectivity index (χ0) is 12.7. The standard InChI is InChI=1S/C12H13F2NO2/c1-16-10-4-5-11(17-8-12(13)14)9(7-10)3-2-6-15/h4-5,7,12H,6,8,15H2,1H3. The predicted octanol–water partition coefficient (Wildman–Crippen LogP) is 1.65. The van der Waals surface area contributed by atoms with Crippen LogP contribution in [0, 0.1) is 11.8 Å². The van der Waals surface area contributed by atoms with Gasteiger partial charge in [0.1, 0.15) is 18.1 Å². The van der Waals surface area contributed by atoms with Gasteiger partial charge < -0.3 is 15.2 Å². The maximum Gasteiger partial charge on any atom is 0.272 e. The van der Waals surface area contributed by atoms with Crippen LogP contribution in [0.3, 0.4) is 0 Å². The van der Waals surface area contributed by atoms with E-state index < -0.39 is 13.0 Å². The lowest BCUT2D eigenvalue weighted by Gasteiger charge is -2.09. The zero-order valence-corrected chi connectivity index (χ0v) is 9.37. The molecule has 0 aromatic heterocycles. The molecule has 0 aliphatic rings. The van der Waals surface area contributed by atoms with Gasteiger partial charge in [0.05, 0.1) is 19.2 Å². The molecule has 0 heterocycles. The molecule has 1 aromatic carbocycles. The summed E-state index contributed by atoms with van der Waals surface area (Å²) in [5, 5.41) is 0. The molecule has 0 aliphatic heterocycles. The Hall–Kier alpha value is -1.80. The summed E-state index contributed by atoms with van der Waals surface area (Å²) < 4.78 is 34.0. The Morgan fingerprint density at radius 2 is 2.18 bits per heavy atom. The lowest BCUT2D eigenvalue weighted by atomic mass is 10.2. The van der Waals surface area contributed by atoms with Crippen molar-refractivity contribution in [2.75, 3.05) is 20.3 Å². The van der Waals surface area contributed by atoms with Crippen molar-refractivity contribution in [3.8, 4) is 23.3 Å². The minimum absolute atomic E-state index is 0.186. The summed E-state index contributed by atoms with van der Waals surface area (Å²) in [5.41, 5.74) is 5.74. The number of rotatable bonds is 4. The van der Waals surface area contributed by atoms with Gasteiger partial charge in [0, 0.05) is 0 Å². The molecule has 92 valence electrons. The fourth-order valence-electron chi connectivity index (χ4n) is 1.16. The molecule has 1 rings (SSSR count). The fraction of sp³-hybridized carbons (Fsp3) is 0.333. The summed E-state index contributed by atoms with van der Waals surface area (Å²) in [6, 6.07) is 4.78. The minimum Gasteiger partial charge on any atom is -0.497 e. The van der Waals surface area contributed by atoms with Crippen LogP contribution >= 0.6 is 0 Å². The van der Waals surface area contributed by atoms with Crippen molar-refractivity contribution in [3.63, 3.8) is 0 Å². The van der Waals surface area contributed by atoms with Gasteiger partial charge in [0.25, 0.3) is 6.43 Å². The summed E-state index contributed by atoms with van der Waals surface area (Å²) in [7, 11) is 1.51. The first-order valence-corrected chi connectivity index (χ1v) is 4.95. The van der Waals surface area contributed by atoms with Crippen molar-refractivity contribution >= 4 is 0 Å². The highest BCUT2D eigenvalue weighted by Gasteiger charge is 2.07. The van der Waals surface area contributed by atoms with Gasteiger partial charge in [-0.15, -0.1) is 0 Å². The third-order valence-corrected chi connectivity index (χ3v) is 1.88. The molecule has 0 aliphatic carbocycles. The van der Waals surface area contributed by atoms with Crippen molar-refractivity contribution in [2.24, 2.45) is 5.73 Å². The van der Waals surface area contributed by atoms with E-state index in [-0.39, 0.29) is 6.54 Å². The summed E-state index contributed by atoms with van der Waals surface area (Å²) in [4.78, 5) is 0. The second-order valence-electron chi connectivity index (χ2n) is 3.07. The second kappa shape index (κ2) is 6.71. The van der Waals surface area contributed by atoms with Crippen molar-refractivity contribution in [1.82, 2.24) is 0 Å². The van der Waals surface area contributed by atoms with Crippen LogP contribution in [0.4, 0.5) is 8.78 Å². The Balaban J connectivity index is 2.93. The molecule has 0 amide bonds. The Bertz CT molecular complexity index is 424. The average Bonchev–Trinajstić information content (AvgIpc) is 2.34. The van der Waals surface area contributed by atoms with Crippen LogP contribution in [0.1, 0.15) is 5.56 Å². The molecule has 1 aromatic rings. The van der Waals surface area contributed by atoms with Crippen molar-refractivity contribution in [2.45, 2.75) is 6.43 Å². The van der Waals surface area contributed by atoms with Crippen molar-refractivity contribution in [1.29, 1.82) is 0 Å². The van der Waals surface area contributed by atoms with E-state index in [0.717, 1.165) is 0 Å². The Morgan fingerprint density at radius 3 is 2.76 bits per heavy atom. The first-order valence-electron chi connectivity index (χ1n) is 4.95. The van der Waals surface area contributed by atoms with Crippen LogP contribution in [0.15, 0.2) is 18.2 Å². The maximum absolute atomic E-state index is 12.0. The number of hydrogen-bond acceptors (Lipinski definition) is 3. The molecule has 2 N–H and O–H groups in total. The molecule has 0 atom stereocenters. The highest BCUT2D eigenvalue weighted by atomic mass is 19.3. The molecule has 0 radical (unpaired) electrons. The Kier molecular flexibility index (Phi) is 5.24. The zero-order valence-electron chi connectivity index (χ0n) is 9.37. The van der Waals surface area contributed by atoms with Gasteiger partial charge in [-0.2, -0.15) is 0 Å². The van der Waals surface area contributed by atoms with Gasteiger partial charge in [-0.25, -0.2) is 8.78 Å². The number of benzene rings is 1. The number of hydrogen-bond donors (Lipinski definition) is 1. The van der Waals surface area contributed by atoms with E-state index in [1.807, 2.05) is 0 Å². The monoisotopic (exact) mass is 241 g/mol. The second-order valence-corrected chi connectivity index (χ2v) is 3.07. The summed E-state index contributed by atoms with van der Waals surface area (Å²) in [6.07, 6.45) is -2.52.